The van der Waals surface area contributed by atoms with E-state index < -0.39 is 11.8 Å². The van der Waals surface area contributed by atoms with E-state index in [-0.39, 0.29) is 0 Å². The minimum Gasteiger partial charge on any atom is -0.490 e. The Morgan fingerprint density at radius 1 is 1.28 bits per heavy atom. The molecule has 25 heavy (non-hydrogen) atoms. The number of carbonyl (C=O) groups is 2. The highest BCUT2D eigenvalue weighted by molar-refractivity contribution is 6.35. The molecule has 0 spiro atoms. The van der Waals surface area contributed by atoms with Crippen LogP contribution in [-0.4, -0.2) is 49.2 Å². The zero-order valence-electron chi connectivity index (χ0n) is 14.4. The molecule has 2 rings (SSSR count). The van der Waals surface area contributed by atoms with E-state index in [2.05, 4.69) is 17.1 Å². The molecular formula is C18H23N3O4. The number of carbonyl (C=O) groups excluding carboxylic acids is 2. The quantitative estimate of drug-likeness (QED) is 0.353. The SMILES string of the molecule is C=CCOc1ccc(/C=N\NC(=O)C(=O)N2CCCC2)cc1OCC. The topological polar surface area (TPSA) is 80.2 Å². The highest BCUT2D eigenvalue weighted by atomic mass is 16.5. The third-order valence-corrected chi connectivity index (χ3v) is 3.59. The van der Waals surface area contributed by atoms with Crippen LogP contribution in [0.1, 0.15) is 25.3 Å². The number of rotatable bonds is 7. The van der Waals surface area contributed by atoms with E-state index in [0.29, 0.717) is 43.4 Å². The van der Waals surface area contributed by atoms with Crippen molar-refractivity contribution in [2.45, 2.75) is 19.8 Å². The number of likely N-dealkylation sites (tertiary alicyclic amines) is 1. The van der Waals surface area contributed by atoms with Gasteiger partial charge in [-0.15, -0.1) is 0 Å². The lowest BCUT2D eigenvalue weighted by molar-refractivity contribution is -0.145. The molecule has 1 aliphatic rings. The Balaban J connectivity index is 1.97. The molecule has 1 N–H and O–H groups in total. The fraction of sp³-hybridized carbons (Fsp3) is 0.389. The molecule has 0 radical (unpaired) electrons. The first-order valence-electron chi connectivity index (χ1n) is 8.28. The Morgan fingerprint density at radius 3 is 2.72 bits per heavy atom. The molecule has 1 fully saturated rings. The molecule has 134 valence electrons. The maximum atomic E-state index is 11.9. The molecule has 1 heterocycles. The third-order valence-electron chi connectivity index (χ3n) is 3.59. The van der Waals surface area contributed by atoms with Crippen molar-refractivity contribution in [2.75, 3.05) is 26.3 Å². The van der Waals surface area contributed by atoms with Gasteiger partial charge in [-0.05, 0) is 43.5 Å². The highest BCUT2D eigenvalue weighted by Crippen LogP contribution is 2.28. The van der Waals surface area contributed by atoms with E-state index in [0.717, 1.165) is 12.8 Å². The molecule has 1 aliphatic heterocycles. The summed E-state index contributed by atoms with van der Waals surface area (Å²) in [4.78, 5) is 25.2. The molecular weight excluding hydrogens is 322 g/mol. The van der Waals surface area contributed by atoms with Crippen LogP contribution < -0.4 is 14.9 Å². The lowest BCUT2D eigenvalue weighted by atomic mass is 10.2. The smallest absolute Gasteiger partial charge is 0.329 e. The minimum atomic E-state index is -0.728. The van der Waals surface area contributed by atoms with Gasteiger partial charge in [0.2, 0.25) is 0 Å². The zero-order valence-corrected chi connectivity index (χ0v) is 14.4. The van der Waals surface area contributed by atoms with Crippen molar-refractivity contribution in [1.29, 1.82) is 0 Å². The van der Waals surface area contributed by atoms with Gasteiger partial charge in [0, 0.05) is 13.1 Å². The Labute approximate surface area is 147 Å². The van der Waals surface area contributed by atoms with Crippen LogP contribution >= 0.6 is 0 Å². The second kappa shape index (κ2) is 9.46. The summed E-state index contributed by atoms with van der Waals surface area (Å²) in [5.41, 5.74) is 2.97. The summed E-state index contributed by atoms with van der Waals surface area (Å²) in [6.07, 6.45) is 4.97. The van der Waals surface area contributed by atoms with Crippen molar-refractivity contribution < 1.29 is 19.1 Å². The molecule has 7 heteroatoms. The molecule has 0 bridgehead atoms. The predicted molar refractivity (Wildman–Crippen MR) is 94.9 cm³/mol. The van der Waals surface area contributed by atoms with Crippen LogP contribution in [0.25, 0.3) is 0 Å². The lowest BCUT2D eigenvalue weighted by Gasteiger charge is -2.13. The number of ether oxygens (including phenoxy) is 2. The number of amides is 2. The molecule has 1 aromatic carbocycles. The van der Waals surface area contributed by atoms with Crippen LogP contribution in [0.5, 0.6) is 11.5 Å². The van der Waals surface area contributed by atoms with Gasteiger partial charge in [-0.2, -0.15) is 5.10 Å². The van der Waals surface area contributed by atoms with Gasteiger partial charge < -0.3 is 14.4 Å². The van der Waals surface area contributed by atoms with Gasteiger partial charge in [0.1, 0.15) is 6.61 Å². The first-order chi connectivity index (χ1) is 12.2. The van der Waals surface area contributed by atoms with Crippen LogP contribution in [0.4, 0.5) is 0 Å². The average Bonchev–Trinajstić information content (AvgIpc) is 3.15. The summed E-state index contributed by atoms with van der Waals surface area (Å²) in [7, 11) is 0. The van der Waals surface area contributed by atoms with Gasteiger partial charge in [-0.3, -0.25) is 9.59 Å². The number of benzene rings is 1. The molecule has 0 aromatic heterocycles. The number of hydrogen-bond acceptors (Lipinski definition) is 5. The zero-order chi connectivity index (χ0) is 18.1. The van der Waals surface area contributed by atoms with Crippen molar-refractivity contribution in [2.24, 2.45) is 5.10 Å². The minimum absolute atomic E-state index is 0.377. The largest absolute Gasteiger partial charge is 0.490 e. The van der Waals surface area contributed by atoms with Gasteiger partial charge in [0.15, 0.2) is 11.5 Å². The van der Waals surface area contributed by atoms with Gasteiger partial charge >= 0.3 is 11.8 Å². The van der Waals surface area contributed by atoms with E-state index >= 15 is 0 Å². The lowest BCUT2D eigenvalue weighted by Crippen LogP contribution is -2.39. The summed E-state index contributed by atoms with van der Waals surface area (Å²) in [6, 6.07) is 5.28. The second-order valence-electron chi connectivity index (χ2n) is 5.44. The van der Waals surface area contributed by atoms with Crippen LogP contribution in [0, 0.1) is 0 Å². The van der Waals surface area contributed by atoms with Crippen LogP contribution in [0.15, 0.2) is 36.0 Å². The second-order valence-corrected chi connectivity index (χ2v) is 5.44. The first kappa shape index (κ1) is 18.5. The summed E-state index contributed by atoms with van der Waals surface area (Å²) in [5, 5.41) is 3.84. The van der Waals surface area contributed by atoms with Crippen LogP contribution in [-0.2, 0) is 9.59 Å². The van der Waals surface area contributed by atoms with Crippen LogP contribution in [0.2, 0.25) is 0 Å². The molecule has 0 atom stereocenters. The van der Waals surface area contributed by atoms with E-state index in [1.54, 1.807) is 24.3 Å². The van der Waals surface area contributed by atoms with Crippen molar-refractivity contribution >= 4 is 18.0 Å². The first-order valence-corrected chi connectivity index (χ1v) is 8.28. The van der Waals surface area contributed by atoms with Gasteiger partial charge in [-0.25, -0.2) is 5.43 Å². The fourth-order valence-corrected chi connectivity index (χ4v) is 2.42. The van der Waals surface area contributed by atoms with Crippen molar-refractivity contribution in [3.8, 4) is 11.5 Å². The summed E-state index contributed by atoms with van der Waals surface area (Å²) < 4.78 is 11.1. The molecule has 1 aromatic rings. The Hall–Kier alpha value is -2.83. The highest BCUT2D eigenvalue weighted by Gasteiger charge is 2.23. The normalized spacial score (nSPS) is 13.7. The molecule has 0 unspecified atom stereocenters. The number of nitrogens with one attached hydrogen (secondary N) is 1. The van der Waals surface area contributed by atoms with Crippen LogP contribution in [0.3, 0.4) is 0 Å². The fourth-order valence-electron chi connectivity index (χ4n) is 2.42. The summed E-state index contributed by atoms with van der Waals surface area (Å²) in [6.45, 7) is 7.61. The maximum absolute atomic E-state index is 11.9. The van der Waals surface area contributed by atoms with E-state index in [1.807, 2.05) is 6.92 Å². The number of nitrogens with zero attached hydrogens (tertiary/aromatic N) is 2. The van der Waals surface area contributed by atoms with E-state index in [9.17, 15) is 9.59 Å². The third kappa shape index (κ3) is 5.34. The molecule has 0 saturated carbocycles. The van der Waals surface area contributed by atoms with Crippen molar-refractivity contribution in [3.05, 3.63) is 36.4 Å². The standard InChI is InChI=1S/C18H23N3O4/c1-3-11-25-15-8-7-14(12-16(15)24-4-2)13-19-20-17(22)18(23)21-9-5-6-10-21/h3,7-8,12-13H,1,4-6,9-11H2,2H3,(H,20,22)/b19-13-. The molecule has 7 nitrogen and oxygen atoms in total. The van der Waals surface area contributed by atoms with Gasteiger partial charge in [-0.1, -0.05) is 12.7 Å². The summed E-state index contributed by atoms with van der Waals surface area (Å²) in [5.74, 6) is -0.0909. The Morgan fingerprint density at radius 2 is 2.04 bits per heavy atom. The predicted octanol–water partition coefficient (Wildman–Crippen LogP) is 1.72. The van der Waals surface area contributed by atoms with Crippen molar-refractivity contribution in [3.63, 3.8) is 0 Å². The van der Waals surface area contributed by atoms with E-state index in [4.69, 9.17) is 9.47 Å². The van der Waals surface area contributed by atoms with Gasteiger partial charge in [0.25, 0.3) is 0 Å². The Bertz CT molecular complexity index is 652. The molecule has 1 saturated heterocycles. The molecule has 0 aliphatic carbocycles. The average molecular weight is 345 g/mol. The van der Waals surface area contributed by atoms with Gasteiger partial charge in [0.05, 0.1) is 12.8 Å². The maximum Gasteiger partial charge on any atom is 0.329 e. The Kier molecular flexibility index (Phi) is 7.00. The number of hydrogen-bond donors (Lipinski definition) is 1. The summed E-state index contributed by atoms with van der Waals surface area (Å²) >= 11 is 0. The molecule has 2 amide bonds. The van der Waals surface area contributed by atoms with Crippen molar-refractivity contribution in [1.82, 2.24) is 10.3 Å². The number of hydrazone groups is 1. The monoisotopic (exact) mass is 345 g/mol. The van der Waals surface area contributed by atoms with E-state index in [1.165, 1.54) is 11.1 Å².